The Bertz CT molecular complexity index is 470. The van der Waals surface area contributed by atoms with Gasteiger partial charge in [0, 0.05) is 6.08 Å². The lowest BCUT2D eigenvalue weighted by molar-refractivity contribution is -0.131. The van der Waals surface area contributed by atoms with E-state index in [2.05, 4.69) is 31.9 Å². The molecular formula is C13H12Br2O3. The van der Waals surface area contributed by atoms with E-state index in [9.17, 15) is 4.79 Å². The van der Waals surface area contributed by atoms with E-state index in [-0.39, 0.29) is 0 Å². The number of ether oxygens (including phenoxy) is 1. The van der Waals surface area contributed by atoms with E-state index >= 15 is 0 Å². The molecule has 1 aliphatic carbocycles. The Labute approximate surface area is 122 Å². The van der Waals surface area contributed by atoms with Gasteiger partial charge < -0.3 is 9.84 Å². The predicted octanol–water partition coefficient (Wildman–Crippen LogP) is 4.10. The van der Waals surface area contributed by atoms with E-state index in [0.717, 1.165) is 32.9 Å². The molecule has 0 spiro atoms. The minimum atomic E-state index is -0.962. The molecule has 0 heterocycles. The molecule has 96 valence electrons. The highest BCUT2D eigenvalue weighted by Crippen LogP contribution is 2.37. The number of benzene rings is 1. The summed E-state index contributed by atoms with van der Waals surface area (Å²) >= 11 is 6.88. The second-order valence-electron chi connectivity index (χ2n) is 4.24. The molecule has 0 saturated heterocycles. The van der Waals surface area contributed by atoms with Gasteiger partial charge in [-0.3, -0.25) is 0 Å². The van der Waals surface area contributed by atoms with Crippen molar-refractivity contribution in [2.75, 3.05) is 6.61 Å². The zero-order chi connectivity index (χ0) is 13.1. The average Bonchev–Trinajstić information content (AvgIpc) is 3.09. The van der Waals surface area contributed by atoms with Crippen LogP contribution >= 0.6 is 31.9 Å². The maximum absolute atomic E-state index is 10.5. The predicted molar refractivity (Wildman–Crippen MR) is 76.7 cm³/mol. The van der Waals surface area contributed by atoms with Crippen molar-refractivity contribution >= 4 is 43.9 Å². The van der Waals surface area contributed by atoms with E-state index in [4.69, 9.17) is 9.84 Å². The lowest BCUT2D eigenvalue weighted by atomic mass is 10.2. The molecule has 1 aromatic rings. The van der Waals surface area contributed by atoms with Crippen molar-refractivity contribution in [3.8, 4) is 5.75 Å². The summed E-state index contributed by atoms with van der Waals surface area (Å²) < 4.78 is 7.38. The molecule has 1 aliphatic rings. The molecule has 1 aromatic carbocycles. The van der Waals surface area contributed by atoms with Gasteiger partial charge in [-0.1, -0.05) is 0 Å². The number of carbonyl (C=O) groups is 1. The van der Waals surface area contributed by atoms with Crippen LogP contribution in [0.3, 0.4) is 0 Å². The third kappa shape index (κ3) is 3.85. The number of rotatable bonds is 5. The van der Waals surface area contributed by atoms with Gasteiger partial charge in [0.05, 0.1) is 15.6 Å². The van der Waals surface area contributed by atoms with E-state index < -0.39 is 5.97 Å². The fraction of sp³-hybridized carbons (Fsp3) is 0.308. The molecule has 1 N–H and O–H groups in total. The Morgan fingerprint density at radius 2 is 2.00 bits per heavy atom. The molecule has 0 aliphatic heterocycles. The van der Waals surface area contributed by atoms with Crippen LogP contribution in [0.5, 0.6) is 5.75 Å². The van der Waals surface area contributed by atoms with Crippen LogP contribution < -0.4 is 4.74 Å². The first-order valence-corrected chi connectivity index (χ1v) is 7.17. The van der Waals surface area contributed by atoms with Gasteiger partial charge in [-0.15, -0.1) is 0 Å². The van der Waals surface area contributed by atoms with Crippen LogP contribution in [0.1, 0.15) is 18.4 Å². The summed E-state index contributed by atoms with van der Waals surface area (Å²) in [6.45, 7) is 0.738. The molecular weight excluding hydrogens is 364 g/mol. The molecule has 0 radical (unpaired) electrons. The third-order valence-electron chi connectivity index (χ3n) is 2.60. The third-order valence-corrected chi connectivity index (χ3v) is 3.78. The van der Waals surface area contributed by atoms with E-state index in [1.807, 2.05) is 12.1 Å². The zero-order valence-corrected chi connectivity index (χ0v) is 12.7. The van der Waals surface area contributed by atoms with E-state index in [0.29, 0.717) is 5.92 Å². The van der Waals surface area contributed by atoms with Gasteiger partial charge in [0.15, 0.2) is 0 Å². The van der Waals surface area contributed by atoms with Gasteiger partial charge >= 0.3 is 5.97 Å². The van der Waals surface area contributed by atoms with E-state index in [1.165, 1.54) is 12.8 Å². The first-order valence-electron chi connectivity index (χ1n) is 5.59. The van der Waals surface area contributed by atoms with Crippen molar-refractivity contribution in [2.45, 2.75) is 12.8 Å². The van der Waals surface area contributed by atoms with E-state index in [1.54, 1.807) is 6.08 Å². The van der Waals surface area contributed by atoms with Crippen LogP contribution in [-0.2, 0) is 4.79 Å². The monoisotopic (exact) mass is 374 g/mol. The number of halogens is 2. The first-order chi connectivity index (χ1) is 8.56. The molecule has 0 amide bonds. The number of carboxylic acid groups (broad SMARTS) is 1. The van der Waals surface area contributed by atoms with Crippen LogP contribution in [0.2, 0.25) is 0 Å². The summed E-state index contributed by atoms with van der Waals surface area (Å²) in [5.41, 5.74) is 0.801. The van der Waals surface area contributed by atoms with Crippen molar-refractivity contribution in [2.24, 2.45) is 5.92 Å². The molecule has 1 fully saturated rings. The quantitative estimate of drug-likeness (QED) is 0.788. The normalized spacial score (nSPS) is 15.0. The number of hydrogen-bond donors (Lipinski definition) is 1. The number of aliphatic carboxylic acids is 1. The molecule has 0 unspecified atom stereocenters. The second-order valence-corrected chi connectivity index (χ2v) is 5.95. The molecule has 3 nitrogen and oxygen atoms in total. The highest BCUT2D eigenvalue weighted by molar-refractivity contribution is 9.11. The van der Waals surface area contributed by atoms with Crippen molar-refractivity contribution in [1.29, 1.82) is 0 Å². The maximum atomic E-state index is 10.5. The summed E-state index contributed by atoms with van der Waals surface area (Å²) in [6.07, 6.45) is 5.14. The summed E-state index contributed by atoms with van der Waals surface area (Å²) in [7, 11) is 0. The average molecular weight is 376 g/mol. The minimum Gasteiger partial charge on any atom is -0.491 e. The Morgan fingerprint density at radius 1 is 1.39 bits per heavy atom. The second kappa shape index (κ2) is 5.89. The Kier molecular flexibility index (Phi) is 4.45. The molecule has 0 bridgehead atoms. The minimum absolute atomic E-state index is 0.690. The van der Waals surface area contributed by atoms with Crippen molar-refractivity contribution < 1.29 is 14.6 Å². The lowest BCUT2D eigenvalue weighted by Gasteiger charge is -2.10. The largest absolute Gasteiger partial charge is 0.491 e. The molecule has 0 aromatic heterocycles. The molecule has 18 heavy (non-hydrogen) atoms. The Balaban J connectivity index is 2.14. The Hall–Kier alpha value is -0.810. The molecule has 5 heteroatoms. The lowest BCUT2D eigenvalue weighted by Crippen LogP contribution is -2.00. The van der Waals surface area contributed by atoms with Crippen LogP contribution in [0.25, 0.3) is 6.08 Å². The van der Waals surface area contributed by atoms with Gasteiger partial charge in [0.25, 0.3) is 0 Å². The maximum Gasteiger partial charge on any atom is 0.328 e. The standard InChI is InChI=1S/C13H12Br2O3/c14-10-5-9(3-4-12(16)17)6-11(15)13(10)18-7-8-1-2-8/h3-6,8H,1-2,7H2,(H,16,17)/b4-3+. The van der Waals surface area contributed by atoms with Crippen LogP contribution in [0.15, 0.2) is 27.2 Å². The van der Waals surface area contributed by atoms with Crippen molar-refractivity contribution in [3.63, 3.8) is 0 Å². The van der Waals surface area contributed by atoms with Crippen molar-refractivity contribution in [3.05, 3.63) is 32.7 Å². The molecule has 2 rings (SSSR count). The molecule has 0 atom stereocenters. The fourth-order valence-corrected chi connectivity index (χ4v) is 2.92. The zero-order valence-electron chi connectivity index (χ0n) is 9.53. The van der Waals surface area contributed by atoms with Crippen LogP contribution in [0, 0.1) is 5.92 Å². The summed E-state index contributed by atoms with van der Waals surface area (Å²) in [5, 5.41) is 8.59. The van der Waals surface area contributed by atoms with Gasteiger partial charge in [0.1, 0.15) is 5.75 Å². The smallest absolute Gasteiger partial charge is 0.328 e. The fourth-order valence-electron chi connectivity index (χ4n) is 1.47. The van der Waals surface area contributed by atoms with Gasteiger partial charge in [-0.25, -0.2) is 4.79 Å². The number of carboxylic acids is 1. The van der Waals surface area contributed by atoms with Crippen molar-refractivity contribution in [1.82, 2.24) is 0 Å². The first kappa shape index (κ1) is 13.6. The van der Waals surface area contributed by atoms with Gasteiger partial charge in [-0.05, 0) is 74.4 Å². The SMILES string of the molecule is O=C(O)/C=C/c1cc(Br)c(OCC2CC2)c(Br)c1. The van der Waals surface area contributed by atoms with Gasteiger partial charge in [-0.2, -0.15) is 0 Å². The molecule has 1 saturated carbocycles. The van der Waals surface area contributed by atoms with Gasteiger partial charge in [0.2, 0.25) is 0 Å². The topological polar surface area (TPSA) is 46.5 Å². The Morgan fingerprint density at radius 3 is 2.50 bits per heavy atom. The summed E-state index contributed by atoms with van der Waals surface area (Å²) in [4.78, 5) is 10.5. The highest BCUT2D eigenvalue weighted by Gasteiger charge is 2.22. The summed E-state index contributed by atoms with van der Waals surface area (Å²) in [6, 6.07) is 3.68. The van der Waals surface area contributed by atoms with Crippen LogP contribution in [0.4, 0.5) is 0 Å². The number of hydrogen-bond acceptors (Lipinski definition) is 2. The highest BCUT2D eigenvalue weighted by atomic mass is 79.9. The summed E-state index contributed by atoms with van der Waals surface area (Å²) in [5.74, 6) is 0.501. The van der Waals surface area contributed by atoms with Crippen LogP contribution in [-0.4, -0.2) is 17.7 Å².